The summed E-state index contributed by atoms with van der Waals surface area (Å²) in [6.45, 7) is 8.77. The maximum Gasteiger partial charge on any atom is 0.330 e. The molecule has 1 aromatic carbocycles. The number of hydrogen-bond donors (Lipinski definition) is 5. The van der Waals surface area contributed by atoms with Crippen LogP contribution in [0.3, 0.4) is 0 Å². The smallest absolute Gasteiger partial charge is 0.330 e. The van der Waals surface area contributed by atoms with Crippen molar-refractivity contribution in [3.63, 3.8) is 0 Å². The Kier molecular flexibility index (Phi) is 12.9. The third kappa shape index (κ3) is 12.1. The molecule has 1 aromatic rings. The van der Waals surface area contributed by atoms with Gasteiger partial charge in [-0.2, -0.15) is 0 Å². The van der Waals surface area contributed by atoms with E-state index in [0.29, 0.717) is 5.56 Å². The van der Waals surface area contributed by atoms with E-state index in [-0.39, 0.29) is 11.1 Å². The third-order valence-electron chi connectivity index (χ3n) is 2.42. The van der Waals surface area contributed by atoms with Gasteiger partial charge < -0.3 is 25.5 Å². The van der Waals surface area contributed by atoms with E-state index in [0.717, 1.165) is 0 Å². The lowest BCUT2D eigenvalue weighted by Gasteiger charge is -2.15. The van der Waals surface area contributed by atoms with E-state index >= 15 is 0 Å². The summed E-state index contributed by atoms with van der Waals surface area (Å²) < 4.78 is 0. The summed E-state index contributed by atoms with van der Waals surface area (Å²) in [5, 5.41) is 42.8. The highest BCUT2D eigenvalue weighted by molar-refractivity contribution is 5.85. The molecular formula is C17H24O7. The van der Waals surface area contributed by atoms with E-state index < -0.39 is 30.8 Å². The van der Waals surface area contributed by atoms with Crippen molar-refractivity contribution in [2.45, 2.75) is 26.1 Å². The molecule has 0 saturated carbocycles. The molecule has 7 heteroatoms. The van der Waals surface area contributed by atoms with Gasteiger partial charge in [-0.15, -0.1) is 0 Å². The van der Waals surface area contributed by atoms with E-state index in [4.69, 9.17) is 20.4 Å². The van der Waals surface area contributed by atoms with Crippen molar-refractivity contribution in [1.29, 1.82) is 0 Å². The number of rotatable bonds is 5. The van der Waals surface area contributed by atoms with Crippen LogP contribution in [-0.4, -0.2) is 50.2 Å². The second-order valence-corrected chi connectivity index (χ2v) is 4.78. The van der Waals surface area contributed by atoms with Gasteiger partial charge in [0.05, 0.1) is 6.61 Å². The number of benzene rings is 1. The second kappa shape index (κ2) is 13.0. The number of aliphatic carboxylic acids is 2. The van der Waals surface area contributed by atoms with Crippen LogP contribution in [0.25, 0.3) is 0 Å². The van der Waals surface area contributed by atoms with Crippen LogP contribution in [0.1, 0.15) is 25.5 Å². The quantitative estimate of drug-likeness (QED) is 0.511. The van der Waals surface area contributed by atoms with E-state index in [1.807, 2.05) is 6.07 Å². The van der Waals surface area contributed by atoms with E-state index in [1.54, 1.807) is 24.3 Å². The van der Waals surface area contributed by atoms with Gasteiger partial charge >= 0.3 is 11.9 Å². The van der Waals surface area contributed by atoms with Crippen molar-refractivity contribution in [3.8, 4) is 0 Å². The molecule has 134 valence electrons. The molecule has 0 aliphatic rings. The summed E-state index contributed by atoms with van der Waals surface area (Å²) in [6, 6.07) is 8.75. The fourth-order valence-electron chi connectivity index (χ4n) is 0.972. The van der Waals surface area contributed by atoms with Crippen LogP contribution >= 0.6 is 0 Å². The van der Waals surface area contributed by atoms with Crippen LogP contribution in [0.2, 0.25) is 0 Å². The van der Waals surface area contributed by atoms with Gasteiger partial charge in [0, 0.05) is 11.1 Å². The van der Waals surface area contributed by atoms with Gasteiger partial charge in [-0.05, 0) is 19.4 Å². The zero-order valence-corrected chi connectivity index (χ0v) is 13.7. The van der Waals surface area contributed by atoms with Gasteiger partial charge in [0.25, 0.3) is 0 Å². The Morgan fingerprint density at radius 3 is 1.54 bits per heavy atom. The molecule has 0 aliphatic heterocycles. The molecule has 0 radical (unpaired) electrons. The number of aliphatic hydroxyl groups is 3. The predicted molar refractivity (Wildman–Crippen MR) is 89.4 cm³/mol. The topological polar surface area (TPSA) is 135 Å². The normalized spacial score (nSPS) is 11.5. The Balaban J connectivity index is 0. The Labute approximate surface area is 140 Å². The molecule has 0 aliphatic carbocycles. The first-order valence-corrected chi connectivity index (χ1v) is 6.84. The minimum absolute atomic E-state index is 0.176. The van der Waals surface area contributed by atoms with Gasteiger partial charge in [-0.3, -0.25) is 0 Å². The van der Waals surface area contributed by atoms with Crippen molar-refractivity contribution < 1.29 is 35.1 Å². The highest BCUT2D eigenvalue weighted by Crippen LogP contribution is 2.15. The molecule has 0 spiro atoms. The third-order valence-corrected chi connectivity index (χ3v) is 2.42. The first kappa shape index (κ1) is 23.8. The Hall–Kier alpha value is -2.48. The number of carboxylic acids is 2. The van der Waals surface area contributed by atoms with Gasteiger partial charge in [0.2, 0.25) is 0 Å². The Bertz CT molecular complexity index is 489. The number of hydrogen-bond acceptors (Lipinski definition) is 5. The summed E-state index contributed by atoms with van der Waals surface area (Å²) >= 11 is 0. The molecule has 0 fully saturated rings. The molecule has 0 saturated heterocycles. The molecule has 5 N–H and O–H groups in total. The number of carbonyl (C=O) groups is 2. The minimum atomic E-state index is -1.10. The Morgan fingerprint density at radius 1 is 0.958 bits per heavy atom. The van der Waals surface area contributed by atoms with Crippen molar-refractivity contribution >= 4 is 11.9 Å². The van der Waals surface area contributed by atoms with Crippen LogP contribution in [0.15, 0.2) is 54.6 Å². The molecule has 0 amide bonds. The lowest BCUT2D eigenvalue weighted by atomic mass is 10.1. The van der Waals surface area contributed by atoms with Crippen molar-refractivity contribution in [3.05, 3.63) is 60.2 Å². The minimum Gasteiger partial charge on any atom is -0.478 e. The maximum atomic E-state index is 9.60. The highest BCUT2D eigenvalue weighted by atomic mass is 16.4. The molecule has 0 heterocycles. The van der Waals surface area contributed by atoms with E-state index in [2.05, 4.69) is 13.2 Å². The van der Waals surface area contributed by atoms with Crippen LogP contribution in [0.5, 0.6) is 0 Å². The van der Waals surface area contributed by atoms with Crippen molar-refractivity contribution in [2.24, 2.45) is 0 Å². The standard InChI is InChI=1S/C9H12O3.2C4H6O2/c10-6-8(11)9(12)7-4-2-1-3-5-7;2*1-3(2)4(5)6/h1-5,8-12H,6H2;2*1H2,2H3,(H,5,6). The molecular weight excluding hydrogens is 316 g/mol. The van der Waals surface area contributed by atoms with Crippen LogP contribution in [0, 0.1) is 0 Å². The maximum absolute atomic E-state index is 9.60. The number of carboxylic acid groups (broad SMARTS) is 2. The van der Waals surface area contributed by atoms with Crippen molar-refractivity contribution in [2.75, 3.05) is 6.61 Å². The molecule has 0 bridgehead atoms. The zero-order valence-electron chi connectivity index (χ0n) is 13.7. The summed E-state index contributed by atoms with van der Waals surface area (Å²) in [7, 11) is 0. The van der Waals surface area contributed by atoms with E-state index in [1.165, 1.54) is 13.8 Å². The lowest BCUT2D eigenvalue weighted by molar-refractivity contribution is -0.133. The summed E-state index contributed by atoms with van der Waals surface area (Å²) in [4.78, 5) is 19.2. The largest absolute Gasteiger partial charge is 0.478 e. The van der Waals surface area contributed by atoms with Gasteiger partial charge in [-0.1, -0.05) is 43.5 Å². The van der Waals surface area contributed by atoms with Gasteiger partial charge in [0.15, 0.2) is 0 Å². The predicted octanol–water partition coefficient (Wildman–Crippen LogP) is 1.37. The van der Waals surface area contributed by atoms with Gasteiger partial charge in [-0.25, -0.2) is 9.59 Å². The van der Waals surface area contributed by atoms with Crippen molar-refractivity contribution in [1.82, 2.24) is 0 Å². The fourth-order valence-corrected chi connectivity index (χ4v) is 0.972. The Morgan fingerprint density at radius 2 is 1.29 bits per heavy atom. The fraction of sp³-hybridized carbons (Fsp3) is 0.294. The van der Waals surface area contributed by atoms with Crippen LogP contribution in [-0.2, 0) is 9.59 Å². The molecule has 1 rings (SSSR count). The molecule has 7 nitrogen and oxygen atoms in total. The SMILES string of the molecule is C=C(C)C(=O)O.C=C(C)C(=O)O.OCC(O)C(O)c1ccccc1. The first-order valence-electron chi connectivity index (χ1n) is 6.84. The average molecular weight is 340 g/mol. The summed E-state index contributed by atoms with van der Waals surface area (Å²) in [5.41, 5.74) is 0.962. The lowest BCUT2D eigenvalue weighted by Crippen LogP contribution is -2.21. The van der Waals surface area contributed by atoms with E-state index in [9.17, 15) is 14.7 Å². The monoisotopic (exact) mass is 340 g/mol. The van der Waals surface area contributed by atoms with Crippen LogP contribution in [0.4, 0.5) is 0 Å². The second-order valence-electron chi connectivity index (χ2n) is 4.78. The molecule has 0 aromatic heterocycles. The summed E-state index contributed by atoms with van der Waals surface area (Å²) in [5.74, 6) is -1.87. The molecule has 2 atom stereocenters. The zero-order chi connectivity index (χ0) is 19.3. The highest BCUT2D eigenvalue weighted by Gasteiger charge is 2.16. The summed E-state index contributed by atoms with van der Waals surface area (Å²) in [6.07, 6.45) is -2.11. The van der Waals surface area contributed by atoms with Crippen LogP contribution < -0.4 is 0 Å². The first-order chi connectivity index (χ1) is 11.0. The number of aliphatic hydroxyl groups excluding tert-OH is 3. The average Bonchev–Trinajstić information content (AvgIpc) is 2.55. The molecule has 2 unspecified atom stereocenters. The van der Waals surface area contributed by atoms with Gasteiger partial charge in [0.1, 0.15) is 12.2 Å². The molecule has 24 heavy (non-hydrogen) atoms.